The number of carbonyl (C=O) groups is 1. The average molecular weight is 201 g/mol. The summed E-state index contributed by atoms with van der Waals surface area (Å²) >= 11 is 0. The molecule has 4 nitrogen and oxygen atoms in total. The fourth-order valence-corrected chi connectivity index (χ4v) is 1.52. The van der Waals surface area contributed by atoms with Gasteiger partial charge in [-0.3, -0.25) is 4.79 Å². The fourth-order valence-electron chi connectivity index (χ4n) is 1.52. The Hall–Kier alpha value is -0.610. The van der Waals surface area contributed by atoms with Crippen molar-refractivity contribution in [3.05, 3.63) is 0 Å². The molecule has 0 aromatic rings. The molecule has 0 aromatic carbocycles. The Morgan fingerprint density at radius 3 is 2.86 bits per heavy atom. The lowest BCUT2D eigenvalue weighted by molar-refractivity contribution is -0.146. The molecule has 1 fully saturated rings. The summed E-state index contributed by atoms with van der Waals surface area (Å²) in [5.74, 6) is -0.195. The first kappa shape index (κ1) is 11.5. The molecule has 4 heteroatoms. The number of hydrogen-bond acceptors (Lipinski definition) is 4. The van der Waals surface area contributed by atoms with Crippen molar-refractivity contribution < 1.29 is 14.3 Å². The molecule has 1 aliphatic rings. The SMILES string of the molecule is CC(C)OC(=O)CNC1CCOC1C. The molecule has 1 aliphatic heterocycles. The van der Waals surface area contributed by atoms with Crippen LogP contribution in [0.3, 0.4) is 0 Å². The van der Waals surface area contributed by atoms with Crippen molar-refractivity contribution in [3.63, 3.8) is 0 Å². The van der Waals surface area contributed by atoms with Crippen molar-refractivity contribution in [2.45, 2.75) is 45.4 Å². The molecule has 1 heterocycles. The predicted molar refractivity (Wildman–Crippen MR) is 53.0 cm³/mol. The molecule has 0 aliphatic carbocycles. The van der Waals surface area contributed by atoms with Crippen LogP contribution in [0, 0.1) is 0 Å². The minimum absolute atomic E-state index is 0.0402. The minimum atomic E-state index is -0.195. The summed E-state index contributed by atoms with van der Waals surface area (Å²) in [7, 11) is 0. The van der Waals surface area contributed by atoms with Gasteiger partial charge in [-0.05, 0) is 27.2 Å². The number of nitrogens with one attached hydrogen (secondary N) is 1. The smallest absolute Gasteiger partial charge is 0.320 e. The van der Waals surface area contributed by atoms with E-state index < -0.39 is 0 Å². The third-order valence-corrected chi connectivity index (χ3v) is 2.25. The molecule has 2 atom stereocenters. The highest BCUT2D eigenvalue weighted by Gasteiger charge is 2.24. The zero-order valence-corrected chi connectivity index (χ0v) is 9.08. The van der Waals surface area contributed by atoms with Crippen molar-refractivity contribution in [3.8, 4) is 0 Å². The van der Waals surface area contributed by atoms with Gasteiger partial charge in [0.2, 0.25) is 0 Å². The van der Waals surface area contributed by atoms with E-state index in [9.17, 15) is 4.79 Å². The Labute approximate surface area is 85.0 Å². The van der Waals surface area contributed by atoms with Crippen LogP contribution in [0.1, 0.15) is 27.2 Å². The summed E-state index contributed by atoms with van der Waals surface area (Å²) in [6, 6.07) is 0.287. The predicted octanol–water partition coefficient (Wildman–Crippen LogP) is 0.705. The number of ether oxygens (including phenoxy) is 2. The second-order valence-electron chi connectivity index (χ2n) is 3.89. The van der Waals surface area contributed by atoms with Gasteiger partial charge in [-0.1, -0.05) is 0 Å². The van der Waals surface area contributed by atoms with Gasteiger partial charge >= 0.3 is 5.97 Å². The summed E-state index contributed by atoms with van der Waals surface area (Å²) < 4.78 is 10.4. The number of hydrogen-bond donors (Lipinski definition) is 1. The normalized spacial score (nSPS) is 26.9. The van der Waals surface area contributed by atoms with E-state index in [4.69, 9.17) is 9.47 Å². The monoisotopic (exact) mass is 201 g/mol. The quantitative estimate of drug-likeness (QED) is 0.680. The minimum Gasteiger partial charge on any atom is -0.462 e. The topological polar surface area (TPSA) is 47.6 Å². The highest BCUT2D eigenvalue weighted by atomic mass is 16.5. The van der Waals surface area contributed by atoms with Crippen LogP contribution in [-0.4, -0.2) is 37.4 Å². The van der Waals surface area contributed by atoms with Crippen LogP contribution in [0.4, 0.5) is 0 Å². The molecule has 1 rings (SSSR count). The van der Waals surface area contributed by atoms with E-state index in [1.165, 1.54) is 0 Å². The summed E-state index contributed by atoms with van der Waals surface area (Å²) in [4.78, 5) is 11.2. The highest BCUT2D eigenvalue weighted by Crippen LogP contribution is 2.11. The Balaban J connectivity index is 2.16. The molecule has 2 unspecified atom stereocenters. The standard InChI is InChI=1S/C10H19NO3/c1-7(2)14-10(12)6-11-9-4-5-13-8(9)3/h7-9,11H,4-6H2,1-3H3. The Morgan fingerprint density at radius 1 is 1.64 bits per heavy atom. The molecule has 0 aromatic heterocycles. The summed E-state index contributed by atoms with van der Waals surface area (Å²) in [6.45, 7) is 6.76. The van der Waals surface area contributed by atoms with E-state index in [1.807, 2.05) is 20.8 Å². The molecule has 14 heavy (non-hydrogen) atoms. The lowest BCUT2D eigenvalue weighted by Crippen LogP contribution is -2.39. The van der Waals surface area contributed by atoms with Crippen LogP contribution < -0.4 is 5.32 Å². The summed E-state index contributed by atoms with van der Waals surface area (Å²) in [6.07, 6.45) is 1.12. The number of carbonyl (C=O) groups excluding carboxylic acids is 1. The van der Waals surface area contributed by atoms with Gasteiger partial charge in [0, 0.05) is 12.6 Å². The maximum Gasteiger partial charge on any atom is 0.320 e. The molecule has 82 valence electrons. The second-order valence-corrected chi connectivity index (χ2v) is 3.89. The van der Waals surface area contributed by atoms with Gasteiger partial charge in [-0.25, -0.2) is 0 Å². The third kappa shape index (κ3) is 3.64. The van der Waals surface area contributed by atoms with Crippen LogP contribution in [-0.2, 0) is 14.3 Å². The van der Waals surface area contributed by atoms with E-state index in [0.717, 1.165) is 13.0 Å². The molecule has 1 N–H and O–H groups in total. The van der Waals surface area contributed by atoms with Crippen LogP contribution in [0.15, 0.2) is 0 Å². The van der Waals surface area contributed by atoms with Gasteiger partial charge in [0.25, 0.3) is 0 Å². The van der Waals surface area contributed by atoms with E-state index in [1.54, 1.807) is 0 Å². The Bertz CT molecular complexity index is 194. The van der Waals surface area contributed by atoms with Crippen LogP contribution >= 0.6 is 0 Å². The van der Waals surface area contributed by atoms with E-state index in [0.29, 0.717) is 0 Å². The van der Waals surface area contributed by atoms with Crippen molar-refractivity contribution in [2.24, 2.45) is 0 Å². The first-order chi connectivity index (χ1) is 6.59. The molecule has 0 amide bonds. The fraction of sp³-hybridized carbons (Fsp3) is 0.900. The molecule has 0 saturated carbocycles. The molecular formula is C10H19NO3. The van der Waals surface area contributed by atoms with E-state index >= 15 is 0 Å². The summed E-state index contributed by atoms with van der Waals surface area (Å²) in [5.41, 5.74) is 0. The first-order valence-corrected chi connectivity index (χ1v) is 5.14. The largest absolute Gasteiger partial charge is 0.462 e. The molecule has 1 saturated heterocycles. The molecule has 0 spiro atoms. The van der Waals surface area contributed by atoms with Gasteiger partial charge in [-0.15, -0.1) is 0 Å². The van der Waals surface area contributed by atoms with Crippen LogP contribution in [0.2, 0.25) is 0 Å². The highest BCUT2D eigenvalue weighted by molar-refractivity contribution is 5.71. The van der Waals surface area contributed by atoms with Gasteiger partial charge in [0.05, 0.1) is 18.8 Å². The van der Waals surface area contributed by atoms with Gasteiger partial charge in [0.1, 0.15) is 0 Å². The van der Waals surface area contributed by atoms with E-state index in [2.05, 4.69) is 5.32 Å². The van der Waals surface area contributed by atoms with Crippen LogP contribution in [0.5, 0.6) is 0 Å². The van der Waals surface area contributed by atoms with E-state index in [-0.39, 0.29) is 30.8 Å². The Kier molecular flexibility index (Phi) is 4.35. The molecule has 0 bridgehead atoms. The average Bonchev–Trinajstić information content (AvgIpc) is 2.46. The lowest BCUT2D eigenvalue weighted by atomic mass is 10.1. The lowest BCUT2D eigenvalue weighted by Gasteiger charge is -2.16. The zero-order chi connectivity index (χ0) is 10.6. The molecule has 0 radical (unpaired) electrons. The summed E-state index contributed by atoms with van der Waals surface area (Å²) in [5, 5.41) is 3.14. The maximum atomic E-state index is 11.2. The Morgan fingerprint density at radius 2 is 2.36 bits per heavy atom. The zero-order valence-electron chi connectivity index (χ0n) is 9.08. The molecular weight excluding hydrogens is 182 g/mol. The van der Waals surface area contributed by atoms with Gasteiger partial charge in [0.15, 0.2) is 0 Å². The van der Waals surface area contributed by atoms with Crippen molar-refractivity contribution in [1.29, 1.82) is 0 Å². The number of esters is 1. The van der Waals surface area contributed by atoms with Gasteiger partial charge in [-0.2, -0.15) is 0 Å². The first-order valence-electron chi connectivity index (χ1n) is 5.14. The van der Waals surface area contributed by atoms with Crippen molar-refractivity contribution >= 4 is 5.97 Å². The third-order valence-electron chi connectivity index (χ3n) is 2.25. The second kappa shape index (κ2) is 5.32. The van der Waals surface area contributed by atoms with Crippen LogP contribution in [0.25, 0.3) is 0 Å². The van der Waals surface area contributed by atoms with Crippen molar-refractivity contribution in [1.82, 2.24) is 5.32 Å². The number of rotatable bonds is 4. The van der Waals surface area contributed by atoms with Gasteiger partial charge < -0.3 is 14.8 Å². The maximum absolute atomic E-state index is 11.2. The van der Waals surface area contributed by atoms with Crippen molar-refractivity contribution in [2.75, 3.05) is 13.2 Å².